The molecule has 134 valence electrons. The van der Waals surface area contributed by atoms with E-state index in [1.165, 1.54) is 18.0 Å². The molecule has 2 aliphatic heterocycles. The quantitative estimate of drug-likeness (QED) is 0.814. The van der Waals surface area contributed by atoms with Gasteiger partial charge in [0, 0.05) is 33.1 Å². The number of benzene rings is 1. The van der Waals surface area contributed by atoms with Crippen LogP contribution in [-0.2, 0) is 14.3 Å². The molecule has 0 aliphatic carbocycles. The molecule has 8 nitrogen and oxygen atoms in total. The van der Waals surface area contributed by atoms with Gasteiger partial charge in [-0.1, -0.05) is 0 Å². The van der Waals surface area contributed by atoms with Crippen molar-refractivity contribution >= 4 is 29.3 Å². The first kappa shape index (κ1) is 17.0. The highest BCUT2D eigenvalue weighted by Gasteiger charge is 2.36. The van der Waals surface area contributed by atoms with E-state index in [-0.39, 0.29) is 12.5 Å². The Morgan fingerprint density at radius 2 is 2.16 bits per heavy atom. The van der Waals surface area contributed by atoms with E-state index in [4.69, 9.17) is 4.74 Å². The van der Waals surface area contributed by atoms with E-state index >= 15 is 0 Å². The van der Waals surface area contributed by atoms with Crippen molar-refractivity contribution in [3.8, 4) is 0 Å². The average Bonchev–Trinajstić information content (AvgIpc) is 2.86. The van der Waals surface area contributed by atoms with Crippen LogP contribution in [0.3, 0.4) is 0 Å². The lowest BCUT2D eigenvalue weighted by Crippen LogP contribution is -2.35. The van der Waals surface area contributed by atoms with Crippen LogP contribution in [0.1, 0.15) is 6.42 Å². The number of nitrogens with zero attached hydrogens (tertiary/aromatic N) is 2. The number of carbonyl (C=O) groups excluding carboxylic acids is 3. The van der Waals surface area contributed by atoms with Crippen molar-refractivity contribution in [1.82, 2.24) is 10.6 Å². The van der Waals surface area contributed by atoms with Gasteiger partial charge in [-0.25, -0.2) is 9.18 Å². The van der Waals surface area contributed by atoms with Crippen LogP contribution in [0.4, 0.5) is 20.6 Å². The summed E-state index contributed by atoms with van der Waals surface area (Å²) >= 11 is 0. The molecule has 3 rings (SSSR count). The molecule has 0 bridgehead atoms. The minimum absolute atomic E-state index is 0.0272. The van der Waals surface area contributed by atoms with Gasteiger partial charge in [0.2, 0.25) is 5.91 Å². The molecule has 1 aromatic carbocycles. The highest BCUT2D eigenvalue weighted by atomic mass is 19.1. The Balaban J connectivity index is 1.77. The fourth-order valence-corrected chi connectivity index (χ4v) is 2.90. The van der Waals surface area contributed by atoms with Crippen LogP contribution >= 0.6 is 0 Å². The number of nitrogens with one attached hydrogen (secondary N) is 2. The van der Waals surface area contributed by atoms with E-state index in [2.05, 4.69) is 10.6 Å². The van der Waals surface area contributed by atoms with Gasteiger partial charge < -0.3 is 20.3 Å². The maximum Gasteiger partial charge on any atom is 0.415 e. The van der Waals surface area contributed by atoms with E-state index in [1.54, 1.807) is 17.0 Å². The molecule has 2 N–H and O–H groups in total. The zero-order valence-corrected chi connectivity index (χ0v) is 13.8. The molecule has 0 radical (unpaired) electrons. The number of anilines is 2. The van der Waals surface area contributed by atoms with E-state index in [0.29, 0.717) is 37.4 Å². The number of halogens is 1. The second kappa shape index (κ2) is 6.96. The van der Waals surface area contributed by atoms with Crippen molar-refractivity contribution in [2.45, 2.75) is 12.5 Å². The van der Waals surface area contributed by atoms with Gasteiger partial charge in [0.05, 0.1) is 17.9 Å². The summed E-state index contributed by atoms with van der Waals surface area (Å²) in [5.41, 5.74) is 0.692. The van der Waals surface area contributed by atoms with Crippen molar-refractivity contribution in [1.29, 1.82) is 0 Å². The number of cyclic esters (lactones) is 1. The Bertz CT molecular complexity index is 711. The van der Waals surface area contributed by atoms with E-state index in [0.717, 1.165) is 0 Å². The van der Waals surface area contributed by atoms with E-state index in [1.807, 2.05) is 0 Å². The number of hydrogen-bond donors (Lipinski definition) is 2. The largest absolute Gasteiger partial charge is 0.434 e. The molecule has 3 amide bonds. The van der Waals surface area contributed by atoms with E-state index < -0.39 is 23.9 Å². The first-order chi connectivity index (χ1) is 12.0. The zero-order valence-electron chi connectivity index (χ0n) is 13.8. The Labute approximate surface area is 143 Å². The Morgan fingerprint density at radius 1 is 1.36 bits per heavy atom. The molecule has 0 unspecified atom stereocenters. The summed E-state index contributed by atoms with van der Waals surface area (Å²) in [7, 11) is 1.45. The van der Waals surface area contributed by atoms with Gasteiger partial charge in [-0.05, 0) is 18.2 Å². The van der Waals surface area contributed by atoms with Crippen LogP contribution in [0.2, 0.25) is 0 Å². The molecule has 1 aromatic rings. The highest BCUT2D eigenvalue weighted by Crippen LogP contribution is 2.28. The standard InChI is InChI=1S/C16H19FN4O4/c1-18-15(23)13-9-21(16(24)25-13)10-2-3-12(11(17)8-10)20-6-4-14(22)19-5-7-20/h2-3,8,13H,4-7,9H2,1H3,(H,18,23)(H,19,22)/t13-/m1/s1. The highest BCUT2D eigenvalue weighted by molar-refractivity contribution is 5.95. The zero-order chi connectivity index (χ0) is 18.0. The van der Waals surface area contributed by atoms with Crippen LogP contribution in [0.15, 0.2) is 18.2 Å². The van der Waals surface area contributed by atoms with Crippen LogP contribution in [0, 0.1) is 5.82 Å². The lowest BCUT2D eigenvalue weighted by molar-refractivity contribution is -0.127. The third-order valence-corrected chi connectivity index (χ3v) is 4.25. The smallest absolute Gasteiger partial charge is 0.415 e. The fraction of sp³-hybridized carbons (Fsp3) is 0.438. The summed E-state index contributed by atoms with van der Waals surface area (Å²) < 4.78 is 19.6. The van der Waals surface area contributed by atoms with Crippen molar-refractivity contribution in [2.24, 2.45) is 0 Å². The molecule has 0 aromatic heterocycles. The summed E-state index contributed by atoms with van der Waals surface area (Å²) in [5, 5.41) is 5.15. The predicted octanol–water partition coefficient (Wildman–Crippen LogP) is 0.223. The molecule has 0 spiro atoms. The number of carbonyl (C=O) groups is 3. The van der Waals surface area contributed by atoms with Gasteiger partial charge in [0.1, 0.15) is 5.82 Å². The van der Waals surface area contributed by atoms with Gasteiger partial charge in [-0.2, -0.15) is 0 Å². The van der Waals surface area contributed by atoms with E-state index in [9.17, 15) is 18.8 Å². The van der Waals surface area contributed by atoms with Crippen molar-refractivity contribution in [3.63, 3.8) is 0 Å². The topological polar surface area (TPSA) is 91.0 Å². The molecule has 2 saturated heterocycles. The number of rotatable bonds is 3. The van der Waals surface area contributed by atoms with Gasteiger partial charge in [0.25, 0.3) is 5.91 Å². The van der Waals surface area contributed by atoms with Crippen molar-refractivity contribution < 1.29 is 23.5 Å². The molecule has 2 fully saturated rings. The molecule has 25 heavy (non-hydrogen) atoms. The summed E-state index contributed by atoms with van der Waals surface area (Å²) in [6, 6.07) is 4.41. The second-order valence-corrected chi connectivity index (χ2v) is 5.82. The minimum atomic E-state index is -0.914. The molecular weight excluding hydrogens is 331 g/mol. The van der Waals surface area contributed by atoms with Crippen LogP contribution in [0.25, 0.3) is 0 Å². The minimum Gasteiger partial charge on any atom is -0.434 e. The second-order valence-electron chi connectivity index (χ2n) is 5.82. The molecule has 2 heterocycles. The Hall–Kier alpha value is -2.84. The first-order valence-electron chi connectivity index (χ1n) is 8.00. The van der Waals surface area contributed by atoms with Crippen LogP contribution in [0.5, 0.6) is 0 Å². The summed E-state index contributed by atoms with van der Waals surface area (Å²) in [6.45, 7) is 1.41. The lowest BCUT2D eigenvalue weighted by Gasteiger charge is -2.23. The Kier molecular flexibility index (Phi) is 4.73. The third-order valence-electron chi connectivity index (χ3n) is 4.25. The fourth-order valence-electron chi connectivity index (χ4n) is 2.90. The van der Waals surface area contributed by atoms with Crippen molar-refractivity contribution in [3.05, 3.63) is 24.0 Å². The SMILES string of the molecule is CNC(=O)[C@H]1CN(c2ccc(N3CCNC(=O)CC3)c(F)c2)C(=O)O1. The summed E-state index contributed by atoms with van der Waals surface area (Å²) in [4.78, 5) is 37.9. The number of hydrogen-bond acceptors (Lipinski definition) is 5. The predicted molar refractivity (Wildman–Crippen MR) is 87.9 cm³/mol. The van der Waals surface area contributed by atoms with Gasteiger partial charge in [-0.3, -0.25) is 14.5 Å². The van der Waals surface area contributed by atoms with Gasteiger partial charge in [-0.15, -0.1) is 0 Å². The molecule has 9 heteroatoms. The molecule has 0 saturated carbocycles. The number of amides is 3. The number of likely N-dealkylation sites (N-methyl/N-ethyl adjacent to an activating group) is 1. The first-order valence-corrected chi connectivity index (χ1v) is 8.00. The monoisotopic (exact) mass is 350 g/mol. The maximum atomic E-state index is 14.6. The lowest BCUT2D eigenvalue weighted by atomic mass is 10.2. The molecule has 1 atom stereocenters. The Morgan fingerprint density at radius 3 is 2.88 bits per heavy atom. The average molecular weight is 350 g/mol. The summed E-state index contributed by atoms with van der Waals surface area (Å²) in [6.07, 6.45) is -1.30. The molecular formula is C16H19FN4O4. The van der Waals surface area contributed by atoms with Crippen molar-refractivity contribution in [2.75, 3.05) is 43.0 Å². The van der Waals surface area contributed by atoms with Gasteiger partial charge in [0.15, 0.2) is 6.10 Å². The third kappa shape index (κ3) is 3.49. The van der Waals surface area contributed by atoms with Crippen LogP contribution in [-0.4, -0.2) is 57.2 Å². The number of ether oxygens (including phenoxy) is 1. The van der Waals surface area contributed by atoms with Crippen LogP contribution < -0.4 is 20.4 Å². The normalized spacial score (nSPS) is 20.8. The maximum absolute atomic E-state index is 14.6. The van der Waals surface area contributed by atoms with Gasteiger partial charge >= 0.3 is 6.09 Å². The summed E-state index contributed by atoms with van der Waals surface area (Å²) in [5.74, 6) is -0.961. The molecule has 2 aliphatic rings.